The Morgan fingerprint density at radius 2 is 0.763 bits per heavy atom. The van der Waals surface area contributed by atoms with Crippen LogP contribution in [-0.2, 0) is 9.59 Å². The fraction of sp³-hybridized carbons (Fsp3) is 0.188. The van der Waals surface area contributed by atoms with E-state index in [9.17, 15) is 9.59 Å². The van der Waals surface area contributed by atoms with Crippen LogP contribution in [0.3, 0.4) is 0 Å². The minimum atomic E-state index is -0.327. The molecule has 4 nitrogen and oxygen atoms in total. The van der Waals surface area contributed by atoms with Gasteiger partial charge in [-0.25, -0.2) is 0 Å². The number of hydrogen-bond donors (Lipinski definition) is 0. The molecule has 2 atom stereocenters. The average Bonchev–Trinajstić information content (AvgIpc) is 3.00. The zero-order valence-corrected chi connectivity index (χ0v) is 22.7. The highest BCUT2D eigenvalue weighted by Gasteiger charge is 2.33. The van der Waals surface area contributed by atoms with Crippen molar-refractivity contribution in [3.05, 3.63) is 132 Å². The lowest BCUT2D eigenvalue weighted by molar-refractivity contribution is -0.139. The molecule has 2 amide bonds. The van der Waals surface area contributed by atoms with Crippen LogP contribution in [0.4, 0.5) is 0 Å². The lowest BCUT2D eigenvalue weighted by atomic mass is 10.1. The van der Waals surface area contributed by atoms with Crippen molar-refractivity contribution in [1.82, 2.24) is 9.80 Å². The van der Waals surface area contributed by atoms with Crippen molar-refractivity contribution in [3.63, 3.8) is 0 Å². The topological polar surface area (TPSA) is 40.6 Å². The molecule has 1 aliphatic rings. The number of benzene rings is 4. The molecule has 0 saturated carbocycles. The first-order chi connectivity index (χ1) is 18.7. The molecule has 0 aromatic heterocycles. The molecular formula is C32H30N2O2S2. The summed E-state index contributed by atoms with van der Waals surface area (Å²) in [5.74, 6) is 0.186. The van der Waals surface area contributed by atoms with Gasteiger partial charge in [0.2, 0.25) is 11.8 Å². The van der Waals surface area contributed by atoms with Crippen molar-refractivity contribution < 1.29 is 9.59 Å². The van der Waals surface area contributed by atoms with Gasteiger partial charge in [-0.15, -0.1) is 23.5 Å². The van der Waals surface area contributed by atoms with Crippen LogP contribution >= 0.6 is 23.5 Å². The third-order valence-electron chi connectivity index (χ3n) is 6.55. The van der Waals surface area contributed by atoms with Crippen LogP contribution in [0.2, 0.25) is 0 Å². The van der Waals surface area contributed by atoms with Crippen LogP contribution in [0.1, 0.15) is 21.6 Å². The smallest absolute Gasteiger partial charge is 0.240 e. The second-order valence-electron chi connectivity index (χ2n) is 9.09. The molecule has 0 bridgehead atoms. The molecule has 6 heteroatoms. The molecule has 1 saturated heterocycles. The lowest BCUT2D eigenvalue weighted by Crippen LogP contribution is -2.52. The molecule has 0 aliphatic carbocycles. The summed E-state index contributed by atoms with van der Waals surface area (Å²) < 4.78 is 0. The third-order valence-corrected chi connectivity index (χ3v) is 9.06. The Labute approximate surface area is 233 Å². The molecule has 38 heavy (non-hydrogen) atoms. The second kappa shape index (κ2) is 12.9. The van der Waals surface area contributed by atoms with Crippen LogP contribution in [0.5, 0.6) is 0 Å². The fourth-order valence-corrected chi connectivity index (χ4v) is 6.79. The molecule has 0 unspecified atom stereocenters. The van der Waals surface area contributed by atoms with Gasteiger partial charge in [0.05, 0.1) is 0 Å². The van der Waals surface area contributed by atoms with Gasteiger partial charge in [0, 0.05) is 36.0 Å². The van der Waals surface area contributed by atoms with E-state index in [1.165, 1.54) is 0 Å². The highest BCUT2D eigenvalue weighted by atomic mass is 32.2. The van der Waals surface area contributed by atoms with Crippen molar-refractivity contribution in [2.45, 2.75) is 20.3 Å². The Hall–Kier alpha value is -3.48. The molecule has 192 valence electrons. The third kappa shape index (κ3) is 6.50. The van der Waals surface area contributed by atoms with Gasteiger partial charge < -0.3 is 9.80 Å². The van der Waals surface area contributed by atoms with Gasteiger partial charge in [-0.3, -0.25) is 9.59 Å². The fourth-order valence-electron chi connectivity index (χ4n) is 4.53. The van der Waals surface area contributed by atoms with Crippen molar-refractivity contribution in [2.24, 2.45) is 0 Å². The number of nitrogens with zero attached hydrogens (tertiary/aromatic N) is 2. The molecule has 4 aromatic rings. The minimum absolute atomic E-state index is 0.0930. The van der Waals surface area contributed by atoms with Gasteiger partial charge in [0.1, 0.15) is 10.5 Å². The van der Waals surface area contributed by atoms with E-state index >= 15 is 0 Å². The first kappa shape index (κ1) is 26.1. The van der Waals surface area contributed by atoms with Gasteiger partial charge >= 0.3 is 0 Å². The summed E-state index contributed by atoms with van der Waals surface area (Å²) in [5.41, 5.74) is 1.99. The van der Waals surface area contributed by atoms with E-state index in [1.54, 1.807) is 23.5 Å². The maximum absolute atomic E-state index is 13.8. The van der Waals surface area contributed by atoms with Crippen LogP contribution in [0, 0.1) is 0 Å². The highest BCUT2D eigenvalue weighted by molar-refractivity contribution is 8.00. The number of piperazine rings is 1. The zero-order chi connectivity index (χ0) is 26.2. The van der Waals surface area contributed by atoms with Crippen molar-refractivity contribution in [1.29, 1.82) is 0 Å². The Bertz CT molecular complexity index is 1210. The van der Waals surface area contributed by atoms with E-state index in [1.807, 2.05) is 131 Å². The van der Waals surface area contributed by atoms with E-state index < -0.39 is 0 Å². The van der Waals surface area contributed by atoms with Crippen LogP contribution < -0.4 is 0 Å². The molecule has 1 aliphatic heterocycles. The zero-order valence-electron chi connectivity index (χ0n) is 21.1. The lowest BCUT2D eigenvalue weighted by Gasteiger charge is -2.37. The van der Waals surface area contributed by atoms with Gasteiger partial charge in [0.25, 0.3) is 0 Å². The van der Waals surface area contributed by atoms with Crippen molar-refractivity contribution in [3.8, 4) is 0 Å². The molecule has 0 spiro atoms. The Morgan fingerprint density at radius 3 is 1.08 bits per heavy atom. The molecule has 5 rings (SSSR count). The Kier molecular flexibility index (Phi) is 8.84. The summed E-state index contributed by atoms with van der Waals surface area (Å²) in [6.45, 7) is 2.11. The number of rotatable bonds is 8. The molecule has 1 fully saturated rings. The minimum Gasteiger partial charge on any atom is -0.338 e. The highest BCUT2D eigenvalue weighted by Crippen LogP contribution is 2.38. The summed E-state index contributed by atoms with van der Waals surface area (Å²) in [5, 5.41) is -0.655. The summed E-state index contributed by atoms with van der Waals surface area (Å²) in [6.07, 6.45) is 0. The molecule has 1 heterocycles. The largest absolute Gasteiger partial charge is 0.338 e. The van der Waals surface area contributed by atoms with E-state index in [-0.39, 0.29) is 22.3 Å². The molecule has 4 aromatic carbocycles. The van der Waals surface area contributed by atoms with E-state index in [0.29, 0.717) is 26.2 Å². The van der Waals surface area contributed by atoms with Crippen LogP contribution in [-0.4, -0.2) is 47.8 Å². The number of carbonyl (C=O) groups is 2. The van der Waals surface area contributed by atoms with Gasteiger partial charge in [0.15, 0.2) is 0 Å². The van der Waals surface area contributed by atoms with Gasteiger partial charge in [-0.05, 0) is 35.4 Å². The summed E-state index contributed by atoms with van der Waals surface area (Å²) in [6, 6.07) is 40.0. The Balaban J connectivity index is 1.29. The summed E-state index contributed by atoms with van der Waals surface area (Å²) >= 11 is 3.16. The van der Waals surface area contributed by atoms with Gasteiger partial charge in [-0.1, -0.05) is 97.1 Å². The van der Waals surface area contributed by atoms with Crippen molar-refractivity contribution >= 4 is 35.3 Å². The molecular weight excluding hydrogens is 508 g/mol. The standard InChI is InChI=1S/C32H30N2O2S2/c35-31(29(25-13-5-1-6-14-25)37-27-17-9-3-10-18-27)33-21-23-34(24-22-33)32(36)30(26-15-7-2-8-16-26)38-28-19-11-4-12-20-28/h1-20,29-30H,21-24H2/t29-,30+. The van der Waals surface area contributed by atoms with Crippen LogP contribution in [0.25, 0.3) is 0 Å². The maximum atomic E-state index is 13.8. The maximum Gasteiger partial charge on any atom is 0.240 e. The number of amides is 2. The first-order valence-corrected chi connectivity index (χ1v) is 14.6. The van der Waals surface area contributed by atoms with E-state index in [0.717, 1.165) is 20.9 Å². The normalized spacial score (nSPS) is 15.1. The average molecular weight is 539 g/mol. The molecule has 0 N–H and O–H groups in total. The first-order valence-electron chi connectivity index (χ1n) is 12.8. The summed E-state index contributed by atoms with van der Waals surface area (Å²) in [4.78, 5) is 33.5. The van der Waals surface area contributed by atoms with Crippen molar-refractivity contribution in [2.75, 3.05) is 26.2 Å². The van der Waals surface area contributed by atoms with Crippen LogP contribution in [0.15, 0.2) is 131 Å². The van der Waals surface area contributed by atoms with E-state index in [4.69, 9.17) is 0 Å². The number of hydrogen-bond acceptors (Lipinski definition) is 4. The number of carbonyl (C=O) groups excluding carboxylic acids is 2. The van der Waals surface area contributed by atoms with E-state index in [2.05, 4.69) is 0 Å². The summed E-state index contributed by atoms with van der Waals surface area (Å²) in [7, 11) is 0. The number of thioether (sulfide) groups is 2. The SMILES string of the molecule is O=C([C@@H](Sc1ccccc1)c1ccccc1)N1CCN(C(=O)[C@H](Sc2ccccc2)c2ccccc2)CC1. The van der Waals surface area contributed by atoms with Gasteiger partial charge in [-0.2, -0.15) is 0 Å². The quantitative estimate of drug-likeness (QED) is 0.233. The predicted molar refractivity (Wildman–Crippen MR) is 156 cm³/mol. The Morgan fingerprint density at radius 1 is 0.474 bits per heavy atom. The molecule has 0 radical (unpaired) electrons. The predicted octanol–water partition coefficient (Wildman–Crippen LogP) is 6.72. The monoisotopic (exact) mass is 538 g/mol. The second-order valence-corrected chi connectivity index (χ2v) is 11.5.